The van der Waals surface area contributed by atoms with Gasteiger partial charge in [-0.3, -0.25) is 0 Å². The van der Waals surface area contributed by atoms with Crippen LogP contribution in [0.15, 0.2) is 24.3 Å². The van der Waals surface area contributed by atoms with Crippen LogP contribution < -0.4 is 0 Å². The number of halogens is 3. The molecule has 0 saturated carbocycles. The fourth-order valence-electron chi connectivity index (χ4n) is 1.93. The lowest BCUT2D eigenvalue weighted by Gasteiger charge is -2.13. The van der Waals surface area contributed by atoms with E-state index in [4.69, 9.17) is 9.47 Å². The first kappa shape index (κ1) is 13.9. The van der Waals surface area contributed by atoms with Gasteiger partial charge in [0.1, 0.15) is 6.61 Å². The Morgan fingerprint density at radius 3 is 2.74 bits per heavy atom. The standard InChI is InChI=1S/C13H13F3O3/c14-13(15,16)11-6-2-1-5-10(11)12(17)19-8-9-4-3-7-18-9/h1-2,5-6,9H,3-4,7-8H2/t9-/m0/s1. The molecular weight excluding hydrogens is 261 g/mol. The van der Waals surface area contributed by atoms with Gasteiger partial charge in [-0.2, -0.15) is 13.2 Å². The molecule has 1 aromatic carbocycles. The Hall–Kier alpha value is -1.56. The van der Waals surface area contributed by atoms with Crippen molar-refractivity contribution >= 4 is 5.97 Å². The minimum absolute atomic E-state index is 0.00890. The topological polar surface area (TPSA) is 35.5 Å². The number of ether oxygens (including phenoxy) is 2. The van der Waals surface area contributed by atoms with Crippen LogP contribution in [0, 0.1) is 0 Å². The summed E-state index contributed by atoms with van der Waals surface area (Å²) in [6.45, 7) is 0.590. The zero-order chi connectivity index (χ0) is 13.9. The van der Waals surface area contributed by atoms with Gasteiger partial charge in [0.05, 0.1) is 17.2 Å². The summed E-state index contributed by atoms with van der Waals surface area (Å²) in [5.74, 6) is -0.969. The minimum atomic E-state index is -4.57. The van der Waals surface area contributed by atoms with Gasteiger partial charge in [0.15, 0.2) is 0 Å². The molecule has 1 aliphatic heterocycles. The van der Waals surface area contributed by atoms with Crippen LogP contribution in [-0.4, -0.2) is 25.3 Å². The zero-order valence-electron chi connectivity index (χ0n) is 10.1. The summed E-state index contributed by atoms with van der Waals surface area (Å²) in [5.41, 5.74) is -1.44. The Kier molecular flexibility index (Phi) is 4.09. The third-order valence-corrected chi connectivity index (χ3v) is 2.88. The van der Waals surface area contributed by atoms with Crippen LogP contribution in [0.4, 0.5) is 13.2 Å². The summed E-state index contributed by atoms with van der Waals surface area (Å²) in [4.78, 5) is 11.7. The first-order chi connectivity index (χ1) is 8.98. The Balaban J connectivity index is 2.06. The van der Waals surface area contributed by atoms with E-state index >= 15 is 0 Å². The Morgan fingerprint density at radius 1 is 1.37 bits per heavy atom. The van der Waals surface area contributed by atoms with E-state index in [1.54, 1.807) is 0 Å². The van der Waals surface area contributed by atoms with Gasteiger partial charge in [-0.05, 0) is 25.0 Å². The van der Waals surface area contributed by atoms with Crippen LogP contribution in [0.1, 0.15) is 28.8 Å². The Labute approximate surface area is 108 Å². The molecule has 19 heavy (non-hydrogen) atoms. The molecule has 0 N–H and O–H groups in total. The highest BCUT2D eigenvalue weighted by molar-refractivity contribution is 5.91. The Bertz CT molecular complexity index is 451. The number of hydrogen-bond acceptors (Lipinski definition) is 3. The lowest BCUT2D eigenvalue weighted by Crippen LogP contribution is -2.20. The van der Waals surface area contributed by atoms with Crippen LogP contribution in [0.25, 0.3) is 0 Å². The second-order valence-electron chi connectivity index (χ2n) is 4.28. The van der Waals surface area contributed by atoms with E-state index in [0.717, 1.165) is 25.0 Å². The van der Waals surface area contributed by atoms with E-state index < -0.39 is 23.3 Å². The lowest BCUT2D eigenvalue weighted by atomic mass is 10.1. The highest BCUT2D eigenvalue weighted by Crippen LogP contribution is 2.32. The van der Waals surface area contributed by atoms with Crippen molar-refractivity contribution in [3.05, 3.63) is 35.4 Å². The SMILES string of the molecule is O=C(OC[C@@H]1CCCO1)c1ccccc1C(F)(F)F. The van der Waals surface area contributed by atoms with Crippen molar-refractivity contribution in [1.29, 1.82) is 0 Å². The van der Waals surface area contributed by atoms with Crippen molar-refractivity contribution in [2.45, 2.75) is 25.1 Å². The van der Waals surface area contributed by atoms with Crippen LogP contribution in [-0.2, 0) is 15.7 Å². The number of alkyl halides is 3. The summed E-state index contributed by atoms with van der Waals surface area (Å²) in [6, 6.07) is 4.58. The third-order valence-electron chi connectivity index (χ3n) is 2.88. The van der Waals surface area contributed by atoms with Gasteiger partial charge in [0, 0.05) is 6.61 Å². The van der Waals surface area contributed by atoms with E-state index in [1.165, 1.54) is 12.1 Å². The van der Waals surface area contributed by atoms with Crippen molar-refractivity contribution in [2.24, 2.45) is 0 Å². The number of carbonyl (C=O) groups excluding carboxylic acids is 1. The molecule has 1 heterocycles. The van der Waals surface area contributed by atoms with Gasteiger partial charge in [-0.25, -0.2) is 4.79 Å². The predicted octanol–water partition coefficient (Wildman–Crippen LogP) is 3.04. The maximum Gasteiger partial charge on any atom is 0.417 e. The van der Waals surface area contributed by atoms with Gasteiger partial charge in [-0.1, -0.05) is 12.1 Å². The molecule has 0 aromatic heterocycles. The fraction of sp³-hybridized carbons (Fsp3) is 0.462. The molecule has 6 heteroatoms. The van der Waals surface area contributed by atoms with E-state index in [9.17, 15) is 18.0 Å². The van der Waals surface area contributed by atoms with Crippen LogP contribution in [0.3, 0.4) is 0 Å². The van der Waals surface area contributed by atoms with Crippen LogP contribution >= 0.6 is 0 Å². The number of carbonyl (C=O) groups is 1. The number of hydrogen-bond donors (Lipinski definition) is 0. The van der Waals surface area contributed by atoms with E-state index in [2.05, 4.69) is 0 Å². The molecule has 0 bridgehead atoms. The average molecular weight is 274 g/mol. The van der Waals surface area contributed by atoms with E-state index in [0.29, 0.717) is 6.61 Å². The molecule has 0 aliphatic carbocycles. The molecule has 0 radical (unpaired) electrons. The molecule has 1 aliphatic rings. The summed E-state index contributed by atoms with van der Waals surface area (Å²) < 4.78 is 48.3. The number of benzene rings is 1. The second-order valence-corrected chi connectivity index (χ2v) is 4.28. The van der Waals surface area contributed by atoms with Gasteiger partial charge in [-0.15, -0.1) is 0 Å². The smallest absolute Gasteiger partial charge is 0.417 e. The first-order valence-corrected chi connectivity index (χ1v) is 5.93. The number of rotatable bonds is 3. The van der Waals surface area contributed by atoms with Crippen molar-refractivity contribution in [2.75, 3.05) is 13.2 Å². The van der Waals surface area contributed by atoms with Crippen molar-refractivity contribution in [3.8, 4) is 0 Å². The van der Waals surface area contributed by atoms with Gasteiger partial charge in [0.25, 0.3) is 0 Å². The van der Waals surface area contributed by atoms with Crippen LogP contribution in [0.2, 0.25) is 0 Å². The molecule has 1 atom stereocenters. The van der Waals surface area contributed by atoms with Crippen molar-refractivity contribution < 1.29 is 27.4 Å². The Morgan fingerprint density at radius 2 is 2.11 bits per heavy atom. The largest absolute Gasteiger partial charge is 0.459 e. The molecule has 104 valence electrons. The molecule has 1 fully saturated rings. The summed E-state index contributed by atoms with van der Waals surface area (Å²) in [7, 11) is 0. The molecule has 3 nitrogen and oxygen atoms in total. The zero-order valence-corrected chi connectivity index (χ0v) is 10.1. The highest BCUT2D eigenvalue weighted by Gasteiger charge is 2.35. The first-order valence-electron chi connectivity index (χ1n) is 5.93. The average Bonchev–Trinajstić information content (AvgIpc) is 2.88. The van der Waals surface area contributed by atoms with E-state index in [-0.39, 0.29) is 12.7 Å². The monoisotopic (exact) mass is 274 g/mol. The molecule has 0 unspecified atom stereocenters. The molecule has 1 saturated heterocycles. The summed E-state index contributed by atoms with van der Waals surface area (Å²) >= 11 is 0. The quantitative estimate of drug-likeness (QED) is 0.795. The summed E-state index contributed by atoms with van der Waals surface area (Å²) in [6.07, 6.45) is -3.14. The molecule has 0 spiro atoms. The van der Waals surface area contributed by atoms with Gasteiger partial charge in [0.2, 0.25) is 0 Å². The normalized spacial score (nSPS) is 19.4. The molecule has 1 aromatic rings. The lowest BCUT2D eigenvalue weighted by molar-refractivity contribution is -0.138. The number of esters is 1. The van der Waals surface area contributed by atoms with Crippen molar-refractivity contribution in [3.63, 3.8) is 0 Å². The van der Waals surface area contributed by atoms with Crippen LogP contribution in [0.5, 0.6) is 0 Å². The summed E-state index contributed by atoms with van der Waals surface area (Å²) in [5, 5.41) is 0. The van der Waals surface area contributed by atoms with Gasteiger partial charge >= 0.3 is 12.1 Å². The maximum absolute atomic E-state index is 12.7. The maximum atomic E-state index is 12.7. The minimum Gasteiger partial charge on any atom is -0.459 e. The highest BCUT2D eigenvalue weighted by atomic mass is 19.4. The third kappa shape index (κ3) is 3.47. The molecular formula is C13H13F3O3. The molecule has 2 rings (SSSR count). The fourth-order valence-corrected chi connectivity index (χ4v) is 1.93. The van der Waals surface area contributed by atoms with Gasteiger partial charge < -0.3 is 9.47 Å². The van der Waals surface area contributed by atoms with E-state index in [1.807, 2.05) is 0 Å². The second kappa shape index (κ2) is 5.61. The van der Waals surface area contributed by atoms with Crippen molar-refractivity contribution in [1.82, 2.24) is 0 Å². The predicted molar refractivity (Wildman–Crippen MR) is 60.7 cm³/mol. The molecule has 0 amide bonds.